The second kappa shape index (κ2) is 6.25. The van der Waals surface area contributed by atoms with Gasteiger partial charge in [0.2, 0.25) is 11.8 Å². The van der Waals surface area contributed by atoms with Gasteiger partial charge in [0.25, 0.3) is 0 Å². The second-order valence-corrected chi connectivity index (χ2v) is 4.10. The molecule has 0 unspecified atom stereocenters. The quantitative estimate of drug-likeness (QED) is 0.730. The van der Waals surface area contributed by atoms with Gasteiger partial charge < -0.3 is 20.8 Å². The van der Waals surface area contributed by atoms with E-state index in [1.807, 2.05) is 13.0 Å². The van der Waals surface area contributed by atoms with Crippen LogP contribution in [-0.2, 0) is 0 Å². The molecular weight excluding hydrogens is 280 g/mol. The average Bonchev–Trinajstić information content (AvgIpc) is 2.92. The molecule has 0 spiro atoms. The highest BCUT2D eigenvalue weighted by Crippen LogP contribution is 2.23. The molecule has 0 aliphatic carbocycles. The van der Waals surface area contributed by atoms with Crippen LogP contribution >= 0.6 is 11.6 Å². The van der Waals surface area contributed by atoms with Gasteiger partial charge in [0.15, 0.2) is 0 Å². The standard InChI is InChI=1S/C12H15ClN6O/c1-3-20-11-7-4-5-16-10(7)18-12(19-11)17-8(6-14)9(13)15-2/h4-6H,3,14H2,1-2H3,(H2,16,17,18,19). The topological polar surface area (TPSA) is 101 Å². The lowest BCUT2D eigenvalue weighted by atomic mass is 10.4. The number of H-pyrrole nitrogens is 1. The summed E-state index contributed by atoms with van der Waals surface area (Å²) >= 11 is 5.92. The molecule has 106 valence electrons. The minimum absolute atomic E-state index is 0.237. The maximum absolute atomic E-state index is 5.92. The Morgan fingerprint density at radius 1 is 1.60 bits per heavy atom. The third-order valence-electron chi connectivity index (χ3n) is 2.49. The molecule has 0 aromatic carbocycles. The molecule has 20 heavy (non-hydrogen) atoms. The van der Waals surface area contributed by atoms with Gasteiger partial charge >= 0.3 is 0 Å². The van der Waals surface area contributed by atoms with Crippen molar-refractivity contribution in [3.8, 4) is 5.88 Å². The lowest BCUT2D eigenvalue weighted by Crippen LogP contribution is -2.12. The lowest BCUT2D eigenvalue weighted by molar-refractivity contribution is 0.331. The van der Waals surface area contributed by atoms with Crippen LogP contribution in [0.1, 0.15) is 6.92 Å². The van der Waals surface area contributed by atoms with E-state index in [2.05, 4.69) is 25.3 Å². The number of hydrogen-bond acceptors (Lipinski definition) is 6. The predicted octanol–water partition coefficient (Wildman–Crippen LogP) is 1.84. The minimum Gasteiger partial charge on any atom is -0.477 e. The first-order valence-corrected chi connectivity index (χ1v) is 6.36. The number of hydrogen-bond donors (Lipinski definition) is 3. The largest absolute Gasteiger partial charge is 0.477 e. The van der Waals surface area contributed by atoms with Crippen molar-refractivity contribution in [2.45, 2.75) is 6.92 Å². The van der Waals surface area contributed by atoms with E-state index in [-0.39, 0.29) is 5.17 Å². The third-order valence-corrected chi connectivity index (χ3v) is 2.87. The number of nitrogens with one attached hydrogen (secondary N) is 2. The second-order valence-electron chi connectivity index (χ2n) is 3.75. The number of anilines is 1. The van der Waals surface area contributed by atoms with E-state index in [0.717, 1.165) is 5.39 Å². The fourth-order valence-corrected chi connectivity index (χ4v) is 1.73. The number of aromatic nitrogens is 3. The van der Waals surface area contributed by atoms with Crippen LogP contribution in [-0.4, -0.2) is 33.8 Å². The van der Waals surface area contributed by atoms with E-state index < -0.39 is 0 Å². The van der Waals surface area contributed by atoms with Crippen molar-refractivity contribution < 1.29 is 4.74 Å². The van der Waals surface area contributed by atoms with Crippen LogP contribution < -0.4 is 15.8 Å². The molecule has 0 saturated heterocycles. The summed E-state index contributed by atoms with van der Waals surface area (Å²) in [5, 5.41) is 3.96. The average molecular weight is 295 g/mol. The first-order valence-electron chi connectivity index (χ1n) is 5.99. The predicted molar refractivity (Wildman–Crippen MR) is 80.2 cm³/mol. The fraction of sp³-hybridized carbons (Fsp3) is 0.250. The molecule has 8 heteroatoms. The summed E-state index contributed by atoms with van der Waals surface area (Å²) < 4.78 is 5.50. The molecule has 7 nitrogen and oxygen atoms in total. The molecule has 0 aliphatic heterocycles. The molecule has 4 N–H and O–H groups in total. The van der Waals surface area contributed by atoms with Gasteiger partial charge in [-0.05, 0) is 13.0 Å². The number of halogens is 1. The van der Waals surface area contributed by atoms with Gasteiger partial charge in [-0.3, -0.25) is 4.99 Å². The van der Waals surface area contributed by atoms with Crippen LogP contribution in [0.5, 0.6) is 5.88 Å². The zero-order valence-electron chi connectivity index (χ0n) is 11.1. The molecule has 0 atom stereocenters. The molecule has 0 aliphatic rings. The summed E-state index contributed by atoms with van der Waals surface area (Å²) in [6.07, 6.45) is 3.07. The Bertz CT molecular complexity index is 663. The van der Waals surface area contributed by atoms with Crippen LogP contribution in [0.3, 0.4) is 0 Å². The van der Waals surface area contributed by atoms with Gasteiger partial charge in [-0.2, -0.15) is 9.97 Å². The van der Waals surface area contributed by atoms with E-state index in [0.29, 0.717) is 29.8 Å². The Kier molecular flexibility index (Phi) is 4.41. The Morgan fingerprint density at radius 3 is 3.05 bits per heavy atom. The zero-order valence-corrected chi connectivity index (χ0v) is 11.9. The highest BCUT2D eigenvalue weighted by atomic mass is 35.5. The maximum atomic E-state index is 5.92. The van der Waals surface area contributed by atoms with Gasteiger partial charge in [-0.15, -0.1) is 0 Å². The van der Waals surface area contributed by atoms with Crippen LogP contribution in [0.2, 0.25) is 0 Å². The monoisotopic (exact) mass is 294 g/mol. The van der Waals surface area contributed by atoms with Crippen molar-refractivity contribution in [1.82, 2.24) is 15.0 Å². The SMILES string of the molecule is CCOc1nc(NC(=CN)C(Cl)=NC)nc2[nH]ccc12. The van der Waals surface area contributed by atoms with Crippen molar-refractivity contribution in [3.63, 3.8) is 0 Å². The van der Waals surface area contributed by atoms with Crippen molar-refractivity contribution in [2.24, 2.45) is 10.7 Å². The third kappa shape index (κ3) is 2.83. The molecule has 2 aromatic heterocycles. The van der Waals surface area contributed by atoms with Gasteiger partial charge in [0, 0.05) is 19.4 Å². The fourth-order valence-electron chi connectivity index (χ4n) is 1.62. The Hall–Kier alpha value is -2.28. The minimum atomic E-state index is 0.237. The van der Waals surface area contributed by atoms with Crippen molar-refractivity contribution in [3.05, 3.63) is 24.2 Å². The van der Waals surface area contributed by atoms with E-state index >= 15 is 0 Å². The molecular formula is C12H15ClN6O. The van der Waals surface area contributed by atoms with Crippen LogP contribution in [0, 0.1) is 0 Å². The van der Waals surface area contributed by atoms with E-state index in [1.54, 1.807) is 13.2 Å². The molecule has 0 amide bonds. The molecule has 2 aromatic rings. The van der Waals surface area contributed by atoms with Gasteiger partial charge in [-0.25, -0.2) is 0 Å². The summed E-state index contributed by atoms with van der Waals surface area (Å²) in [6, 6.07) is 1.85. The summed E-state index contributed by atoms with van der Waals surface area (Å²) in [4.78, 5) is 15.5. The van der Waals surface area contributed by atoms with Gasteiger partial charge in [-0.1, -0.05) is 11.6 Å². The zero-order chi connectivity index (χ0) is 14.5. The van der Waals surface area contributed by atoms with E-state index in [9.17, 15) is 0 Å². The molecule has 0 bridgehead atoms. The first kappa shape index (κ1) is 14.1. The molecule has 0 radical (unpaired) electrons. The number of fused-ring (bicyclic) bond motifs is 1. The van der Waals surface area contributed by atoms with Gasteiger partial charge in [0.1, 0.15) is 10.8 Å². The summed E-state index contributed by atoms with van der Waals surface area (Å²) in [6.45, 7) is 2.40. The Morgan fingerprint density at radius 2 is 2.40 bits per heavy atom. The van der Waals surface area contributed by atoms with Gasteiger partial charge in [0.05, 0.1) is 17.7 Å². The number of nitrogens with two attached hydrogens (primary N) is 1. The Labute approximate surface area is 120 Å². The highest BCUT2D eigenvalue weighted by molar-refractivity contribution is 6.69. The number of ether oxygens (including phenoxy) is 1. The van der Waals surface area contributed by atoms with E-state index in [4.69, 9.17) is 22.1 Å². The molecule has 2 heterocycles. The number of aliphatic imine (C=N–C) groups is 1. The van der Waals surface area contributed by atoms with Crippen LogP contribution in [0.25, 0.3) is 11.0 Å². The number of rotatable bonds is 5. The molecule has 0 saturated carbocycles. The summed E-state index contributed by atoms with van der Waals surface area (Å²) in [5.41, 5.74) is 6.58. The molecule has 2 rings (SSSR count). The lowest BCUT2D eigenvalue weighted by Gasteiger charge is -2.09. The highest BCUT2D eigenvalue weighted by Gasteiger charge is 2.11. The summed E-state index contributed by atoms with van der Waals surface area (Å²) in [7, 11) is 1.56. The van der Waals surface area contributed by atoms with Crippen molar-refractivity contribution in [2.75, 3.05) is 19.0 Å². The summed E-state index contributed by atoms with van der Waals surface area (Å²) in [5.74, 6) is 0.809. The van der Waals surface area contributed by atoms with Crippen LogP contribution in [0.15, 0.2) is 29.2 Å². The van der Waals surface area contributed by atoms with Crippen LogP contribution in [0.4, 0.5) is 5.95 Å². The first-order chi connectivity index (χ1) is 9.69. The van der Waals surface area contributed by atoms with E-state index in [1.165, 1.54) is 6.20 Å². The van der Waals surface area contributed by atoms with Crippen molar-refractivity contribution in [1.29, 1.82) is 0 Å². The van der Waals surface area contributed by atoms with Crippen molar-refractivity contribution >= 4 is 33.8 Å². The normalized spacial score (nSPS) is 12.8. The maximum Gasteiger partial charge on any atom is 0.232 e. The Balaban J connectivity index is 2.39. The number of aromatic amines is 1. The number of nitrogens with zero attached hydrogens (tertiary/aromatic N) is 3. The number of allylic oxidation sites excluding steroid dienone is 1. The molecule has 0 fully saturated rings. The smallest absolute Gasteiger partial charge is 0.232 e.